The third-order valence-corrected chi connectivity index (χ3v) is 3.97. The molecule has 5 nitrogen and oxygen atoms in total. The van der Waals surface area contributed by atoms with Crippen molar-refractivity contribution in [1.29, 1.82) is 0 Å². The van der Waals surface area contributed by atoms with Crippen molar-refractivity contribution in [2.24, 2.45) is 0 Å². The van der Waals surface area contributed by atoms with Crippen LogP contribution in [-0.4, -0.2) is 42.8 Å². The largest absolute Gasteiger partial charge is 0.383 e. The summed E-state index contributed by atoms with van der Waals surface area (Å²) in [5.41, 5.74) is 0. The Morgan fingerprint density at radius 2 is 2.15 bits per heavy atom. The normalized spacial score (nSPS) is 12.2. The lowest BCUT2D eigenvalue weighted by Crippen LogP contribution is -2.36. The third kappa shape index (κ3) is 4.59. The van der Waals surface area contributed by atoms with Crippen LogP contribution < -0.4 is 10.2 Å². The van der Waals surface area contributed by atoms with Crippen LogP contribution in [0.25, 0.3) is 0 Å². The average Bonchev–Trinajstić information content (AvgIpc) is 2.47. The highest BCUT2D eigenvalue weighted by Gasteiger charge is 2.19. The maximum absolute atomic E-state index is 5.21. The fourth-order valence-electron chi connectivity index (χ4n) is 1.87. The molecule has 0 aliphatic carbocycles. The minimum atomic E-state index is 0.398. The standard InChI is InChI=1S/C14H25BrN4O/c1-5-7-16-13-12(15)14(18-10-17-13)19(8-9-20-4)11(3)6-2/h10-11H,5-9H2,1-4H3,(H,16,17,18). The van der Waals surface area contributed by atoms with Crippen molar-refractivity contribution in [2.45, 2.75) is 39.7 Å². The van der Waals surface area contributed by atoms with Gasteiger partial charge in [0.1, 0.15) is 22.4 Å². The van der Waals surface area contributed by atoms with Crippen LogP contribution in [0.15, 0.2) is 10.8 Å². The van der Waals surface area contributed by atoms with E-state index in [1.807, 2.05) is 0 Å². The van der Waals surface area contributed by atoms with Crippen LogP contribution in [0, 0.1) is 0 Å². The zero-order chi connectivity index (χ0) is 15.0. The molecule has 1 unspecified atom stereocenters. The molecular weight excluding hydrogens is 320 g/mol. The van der Waals surface area contributed by atoms with E-state index in [9.17, 15) is 0 Å². The van der Waals surface area contributed by atoms with Gasteiger partial charge in [0.15, 0.2) is 0 Å². The lowest BCUT2D eigenvalue weighted by atomic mass is 10.2. The van der Waals surface area contributed by atoms with E-state index in [4.69, 9.17) is 4.74 Å². The van der Waals surface area contributed by atoms with Crippen molar-refractivity contribution in [1.82, 2.24) is 9.97 Å². The van der Waals surface area contributed by atoms with Crippen LogP contribution in [0.5, 0.6) is 0 Å². The fourth-order valence-corrected chi connectivity index (χ4v) is 2.45. The molecule has 0 spiro atoms. The Morgan fingerprint density at radius 1 is 1.40 bits per heavy atom. The second-order valence-electron chi connectivity index (χ2n) is 4.73. The van der Waals surface area contributed by atoms with Crippen LogP contribution in [-0.2, 0) is 4.74 Å². The predicted octanol–water partition coefficient (Wildman–Crippen LogP) is 3.31. The van der Waals surface area contributed by atoms with E-state index in [0.29, 0.717) is 12.6 Å². The molecule has 0 saturated heterocycles. The van der Waals surface area contributed by atoms with Crippen molar-refractivity contribution < 1.29 is 4.74 Å². The first-order valence-corrected chi connectivity index (χ1v) is 7.94. The summed E-state index contributed by atoms with van der Waals surface area (Å²) in [6.45, 7) is 8.90. The minimum Gasteiger partial charge on any atom is -0.383 e. The molecule has 1 atom stereocenters. The molecule has 0 aliphatic rings. The smallest absolute Gasteiger partial charge is 0.148 e. The predicted molar refractivity (Wildman–Crippen MR) is 87.5 cm³/mol. The number of methoxy groups -OCH3 is 1. The second kappa shape index (κ2) is 9.13. The van der Waals surface area contributed by atoms with E-state index in [0.717, 1.165) is 42.0 Å². The summed E-state index contributed by atoms with van der Waals surface area (Å²) >= 11 is 3.63. The maximum Gasteiger partial charge on any atom is 0.148 e. The molecule has 0 bridgehead atoms. The van der Waals surface area contributed by atoms with Crippen LogP contribution in [0.3, 0.4) is 0 Å². The first kappa shape index (κ1) is 17.2. The summed E-state index contributed by atoms with van der Waals surface area (Å²) in [5.74, 6) is 1.77. The zero-order valence-electron chi connectivity index (χ0n) is 12.8. The van der Waals surface area contributed by atoms with E-state index >= 15 is 0 Å². The molecule has 20 heavy (non-hydrogen) atoms. The quantitative estimate of drug-likeness (QED) is 0.744. The molecule has 0 saturated carbocycles. The summed E-state index contributed by atoms with van der Waals surface area (Å²) in [6.07, 6.45) is 3.72. The molecular formula is C14H25BrN4O. The first-order chi connectivity index (χ1) is 9.65. The third-order valence-electron chi connectivity index (χ3n) is 3.24. The Morgan fingerprint density at radius 3 is 2.75 bits per heavy atom. The van der Waals surface area contributed by atoms with Gasteiger partial charge in [0.25, 0.3) is 0 Å². The van der Waals surface area contributed by atoms with Gasteiger partial charge in [-0.25, -0.2) is 9.97 Å². The summed E-state index contributed by atoms with van der Waals surface area (Å²) in [7, 11) is 1.72. The van der Waals surface area contributed by atoms with Crippen LogP contribution in [0.4, 0.5) is 11.6 Å². The van der Waals surface area contributed by atoms with Crippen LogP contribution >= 0.6 is 15.9 Å². The molecule has 1 heterocycles. The van der Waals surface area contributed by atoms with Crippen LogP contribution in [0.2, 0.25) is 0 Å². The summed E-state index contributed by atoms with van der Waals surface area (Å²) < 4.78 is 6.13. The molecule has 6 heteroatoms. The van der Waals surface area contributed by atoms with Gasteiger partial charge in [-0.2, -0.15) is 0 Å². The number of rotatable bonds is 9. The van der Waals surface area contributed by atoms with Gasteiger partial charge in [-0.1, -0.05) is 13.8 Å². The van der Waals surface area contributed by atoms with Gasteiger partial charge in [0.05, 0.1) is 6.61 Å². The van der Waals surface area contributed by atoms with Crippen molar-refractivity contribution in [3.05, 3.63) is 10.8 Å². The molecule has 1 rings (SSSR count). The summed E-state index contributed by atoms with van der Waals surface area (Å²) in [6, 6.07) is 0.398. The van der Waals surface area contributed by atoms with Gasteiger partial charge in [-0.15, -0.1) is 0 Å². The summed E-state index contributed by atoms with van der Waals surface area (Å²) in [5, 5.41) is 3.32. The van der Waals surface area contributed by atoms with Gasteiger partial charge in [-0.3, -0.25) is 0 Å². The van der Waals surface area contributed by atoms with Crippen molar-refractivity contribution >= 4 is 27.6 Å². The van der Waals surface area contributed by atoms with Gasteiger partial charge < -0.3 is 15.0 Å². The molecule has 0 aromatic carbocycles. The van der Waals surface area contributed by atoms with Crippen molar-refractivity contribution in [3.8, 4) is 0 Å². The van der Waals surface area contributed by atoms with E-state index in [1.165, 1.54) is 0 Å². The lowest BCUT2D eigenvalue weighted by Gasteiger charge is -2.30. The minimum absolute atomic E-state index is 0.398. The monoisotopic (exact) mass is 344 g/mol. The number of hydrogen-bond acceptors (Lipinski definition) is 5. The highest BCUT2D eigenvalue weighted by atomic mass is 79.9. The van der Waals surface area contributed by atoms with Gasteiger partial charge in [0.2, 0.25) is 0 Å². The van der Waals surface area contributed by atoms with Crippen molar-refractivity contribution in [3.63, 3.8) is 0 Å². The molecule has 1 aromatic rings. The summed E-state index contributed by atoms with van der Waals surface area (Å²) in [4.78, 5) is 11.0. The maximum atomic E-state index is 5.21. The Balaban J connectivity index is 2.99. The SMILES string of the molecule is CCCNc1ncnc(N(CCOC)C(C)CC)c1Br. The Kier molecular flexibility index (Phi) is 7.84. The second-order valence-corrected chi connectivity index (χ2v) is 5.52. The number of halogens is 1. The molecule has 0 fully saturated rings. The molecule has 0 amide bonds. The van der Waals surface area contributed by atoms with Crippen molar-refractivity contribution in [2.75, 3.05) is 37.0 Å². The topological polar surface area (TPSA) is 50.3 Å². The Bertz CT molecular complexity index is 403. The molecule has 1 aromatic heterocycles. The fraction of sp³-hybridized carbons (Fsp3) is 0.714. The molecule has 0 radical (unpaired) electrons. The van der Waals surface area contributed by atoms with E-state index in [1.54, 1.807) is 13.4 Å². The van der Waals surface area contributed by atoms with E-state index < -0.39 is 0 Å². The highest BCUT2D eigenvalue weighted by molar-refractivity contribution is 9.10. The first-order valence-electron chi connectivity index (χ1n) is 7.15. The lowest BCUT2D eigenvalue weighted by molar-refractivity contribution is 0.203. The number of nitrogens with zero attached hydrogens (tertiary/aromatic N) is 3. The van der Waals surface area contributed by atoms with E-state index in [2.05, 4.69) is 56.9 Å². The average molecular weight is 345 g/mol. The van der Waals surface area contributed by atoms with Gasteiger partial charge in [0, 0.05) is 26.2 Å². The number of anilines is 2. The van der Waals surface area contributed by atoms with Gasteiger partial charge >= 0.3 is 0 Å². The van der Waals surface area contributed by atoms with Gasteiger partial charge in [-0.05, 0) is 35.7 Å². The number of hydrogen-bond donors (Lipinski definition) is 1. The van der Waals surface area contributed by atoms with E-state index in [-0.39, 0.29) is 0 Å². The van der Waals surface area contributed by atoms with Crippen LogP contribution in [0.1, 0.15) is 33.6 Å². The number of ether oxygens (including phenoxy) is 1. The Labute approximate surface area is 130 Å². The Hall–Kier alpha value is -0.880. The molecule has 0 aliphatic heterocycles. The number of aromatic nitrogens is 2. The zero-order valence-corrected chi connectivity index (χ0v) is 14.4. The molecule has 1 N–H and O–H groups in total. The highest BCUT2D eigenvalue weighted by Crippen LogP contribution is 2.30. The molecule has 114 valence electrons. The number of nitrogens with one attached hydrogen (secondary N) is 1.